The second-order valence-electron chi connectivity index (χ2n) is 9.53. The first-order chi connectivity index (χ1) is 23.2. The molecule has 246 valence electrons. The largest absolute Gasteiger partial charge is 0.496 e. The molecule has 4 aromatic heterocycles. The number of hydrogen-bond donors (Lipinski definition) is 3. The van der Waals surface area contributed by atoms with Gasteiger partial charge < -0.3 is 30.4 Å². The number of nitrogens with two attached hydrogens (primary N) is 2. The summed E-state index contributed by atoms with van der Waals surface area (Å²) in [4.78, 5) is 44.9. The van der Waals surface area contributed by atoms with Gasteiger partial charge in [0.05, 0.1) is 51.2 Å². The van der Waals surface area contributed by atoms with Crippen LogP contribution in [0.3, 0.4) is 0 Å². The zero-order chi connectivity index (χ0) is 34.2. The van der Waals surface area contributed by atoms with E-state index < -0.39 is 11.9 Å². The van der Waals surface area contributed by atoms with Gasteiger partial charge in [-0.3, -0.25) is 5.32 Å². The molecule has 6 aromatic rings. The third-order valence-electron chi connectivity index (χ3n) is 6.40. The Balaban J connectivity index is 0.000000188. The summed E-state index contributed by atoms with van der Waals surface area (Å²) in [6.45, 7) is 4.47. The normalized spacial score (nSPS) is 10.6. The van der Waals surface area contributed by atoms with E-state index >= 15 is 0 Å². The fraction of sp³-hybridized carbons (Fsp3) is 0.194. The van der Waals surface area contributed by atoms with Gasteiger partial charge >= 0.3 is 6.09 Å². The first-order valence-electron chi connectivity index (χ1n) is 14.4. The summed E-state index contributed by atoms with van der Waals surface area (Å²) in [6.07, 6.45) is 2.53. The van der Waals surface area contributed by atoms with E-state index in [0.717, 1.165) is 5.56 Å². The molecule has 0 aliphatic heterocycles. The summed E-state index contributed by atoms with van der Waals surface area (Å²) in [5.74, 6) is 0.737. The molecule has 48 heavy (non-hydrogen) atoms. The van der Waals surface area contributed by atoms with Crippen LogP contribution < -0.4 is 31.0 Å². The third-order valence-corrected chi connectivity index (χ3v) is 6.40. The molecule has 0 unspecified atom stereocenters. The van der Waals surface area contributed by atoms with Gasteiger partial charge in [0.15, 0.2) is 22.3 Å². The minimum Gasteiger partial charge on any atom is -0.496 e. The zero-order valence-corrected chi connectivity index (χ0v) is 26.3. The fourth-order valence-electron chi connectivity index (χ4n) is 4.31. The standard InChI is InChI=1S/C16H16N6O3.C15H14FN5O2/c1-3-25-14-12-13(21-15(17)22-14)18-8-11(20-12)9-4-6-10(7-5-9)19-16(23)24-2;1-3-23-14-12-13(20-15(17)21-14)18-7-10(19-12)9-6-8(16)4-5-11(9)22-2/h4-8H,3H2,1-2H3,(H,19,23)(H2,17,18,21,22);4-7H,3H2,1-2H3,(H2,17,18,20,21). The molecule has 1 amide bonds. The lowest BCUT2D eigenvalue weighted by atomic mass is 10.1. The van der Waals surface area contributed by atoms with Crippen LogP contribution in [0.5, 0.6) is 17.5 Å². The molecule has 0 radical (unpaired) electrons. The van der Waals surface area contributed by atoms with E-state index in [9.17, 15) is 9.18 Å². The monoisotopic (exact) mass is 655 g/mol. The highest BCUT2D eigenvalue weighted by molar-refractivity contribution is 5.85. The molecule has 0 saturated carbocycles. The topological polar surface area (TPSA) is 221 Å². The van der Waals surface area contributed by atoms with Gasteiger partial charge in [-0.15, -0.1) is 0 Å². The summed E-state index contributed by atoms with van der Waals surface area (Å²) in [7, 11) is 2.81. The Morgan fingerprint density at radius 2 is 1.33 bits per heavy atom. The number of nitrogens with zero attached hydrogens (tertiary/aromatic N) is 8. The van der Waals surface area contributed by atoms with Crippen molar-refractivity contribution in [2.24, 2.45) is 0 Å². The molecule has 0 aliphatic carbocycles. The highest BCUT2D eigenvalue weighted by atomic mass is 19.1. The fourth-order valence-corrected chi connectivity index (χ4v) is 4.31. The van der Waals surface area contributed by atoms with Crippen molar-refractivity contribution in [1.29, 1.82) is 0 Å². The van der Waals surface area contributed by atoms with Crippen LogP contribution >= 0.6 is 0 Å². The molecule has 0 aliphatic rings. The highest BCUT2D eigenvalue weighted by Gasteiger charge is 2.15. The second kappa shape index (κ2) is 14.7. The quantitative estimate of drug-likeness (QED) is 0.206. The lowest BCUT2D eigenvalue weighted by molar-refractivity contribution is 0.187. The molecule has 0 saturated heterocycles. The van der Waals surface area contributed by atoms with Crippen molar-refractivity contribution in [3.63, 3.8) is 0 Å². The van der Waals surface area contributed by atoms with E-state index in [1.54, 1.807) is 30.5 Å². The first kappa shape index (κ1) is 32.9. The van der Waals surface area contributed by atoms with E-state index in [1.807, 2.05) is 13.8 Å². The summed E-state index contributed by atoms with van der Waals surface area (Å²) >= 11 is 0. The number of carbonyl (C=O) groups is 1. The number of nitrogens with one attached hydrogen (secondary N) is 1. The average Bonchev–Trinajstić information content (AvgIpc) is 3.08. The van der Waals surface area contributed by atoms with E-state index in [1.165, 1.54) is 38.6 Å². The van der Waals surface area contributed by atoms with Crippen LogP contribution in [-0.4, -0.2) is 73.4 Å². The summed E-state index contributed by atoms with van der Waals surface area (Å²) in [5.41, 5.74) is 15.7. The Morgan fingerprint density at radius 3 is 1.88 bits per heavy atom. The SMILES string of the molecule is CCOc1nc(N)nc2ncc(-c3cc(F)ccc3OC)nc12.CCOc1nc(N)nc2ncc(-c3ccc(NC(=O)OC)cc3)nc12. The van der Waals surface area contributed by atoms with Crippen LogP contribution in [0.25, 0.3) is 44.8 Å². The number of rotatable bonds is 8. The lowest BCUT2D eigenvalue weighted by Gasteiger charge is -2.10. The number of benzene rings is 2. The van der Waals surface area contributed by atoms with Crippen LogP contribution in [0.1, 0.15) is 13.8 Å². The number of ether oxygens (including phenoxy) is 4. The molecular weight excluding hydrogens is 625 g/mol. The Morgan fingerprint density at radius 1 is 0.771 bits per heavy atom. The Labute approximate surface area is 272 Å². The van der Waals surface area contributed by atoms with Crippen molar-refractivity contribution in [3.8, 4) is 40.0 Å². The van der Waals surface area contributed by atoms with Crippen LogP contribution in [-0.2, 0) is 4.74 Å². The molecule has 6 rings (SSSR count). The molecule has 0 fully saturated rings. The van der Waals surface area contributed by atoms with E-state index in [-0.39, 0.29) is 17.8 Å². The Kier molecular flexibility index (Phi) is 10.1. The zero-order valence-electron chi connectivity index (χ0n) is 26.3. The molecule has 0 bridgehead atoms. The highest BCUT2D eigenvalue weighted by Crippen LogP contribution is 2.31. The van der Waals surface area contributed by atoms with Crippen molar-refractivity contribution in [2.75, 3.05) is 44.2 Å². The summed E-state index contributed by atoms with van der Waals surface area (Å²) in [6, 6.07) is 11.3. The van der Waals surface area contributed by atoms with Crippen LogP contribution in [0.4, 0.5) is 26.8 Å². The van der Waals surface area contributed by atoms with Crippen molar-refractivity contribution in [3.05, 3.63) is 60.7 Å². The summed E-state index contributed by atoms with van der Waals surface area (Å²) in [5, 5.41) is 2.58. The minimum atomic E-state index is -0.533. The molecule has 17 heteroatoms. The smallest absolute Gasteiger partial charge is 0.411 e. The van der Waals surface area contributed by atoms with Gasteiger partial charge in [-0.1, -0.05) is 12.1 Å². The van der Waals surface area contributed by atoms with E-state index in [0.29, 0.717) is 69.8 Å². The number of anilines is 3. The molecule has 16 nitrogen and oxygen atoms in total. The summed E-state index contributed by atoms with van der Waals surface area (Å²) < 4.78 is 34.3. The van der Waals surface area contributed by atoms with E-state index in [4.69, 9.17) is 25.7 Å². The number of aromatic nitrogens is 8. The second-order valence-corrected chi connectivity index (χ2v) is 9.53. The van der Waals surface area contributed by atoms with Gasteiger partial charge in [0.1, 0.15) is 11.6 Å². The maximum Gasteiger partial charge on any atom is 0.411 e. The number of halogens is 1. The minimum absolute atomic E-state index is 0.0475. The van der Waals surface area contributed by atoms with Crippen LogP contribution in [0.15, 0.2) is 54.9 Å². The maximum atomic E-state index is 13.6. The van der Waals surface area contributed by atoms with Gasteiger partial charge in [0, 0.05) is 16.8 Å². The number of hydrogen-bond acceptors (Lipinski definition) is 15. The molecule has 4 heterocycles. The molecular formula is C31H30FN11O5. The number of carbonyl (C=O) groups excluding carboxylic acids is 1. The average molecular weight is 656 g/mol. The lowest BCUT2D eigenvalue weighted by Crippen LogP contribution is -2.10. The Hall–Kier alpha value is -6.52. The van der Waals surface area contributed by atoms with Gasteiger partial charge in [-0.2, -0.15) is 19.9 Å². The van der Waals surface area contributed by atoms with Gasteiger partial charge in [-0.05, 0) is 44.2 Å². The van der Waals surface area contributed by atoms with Crippen LogP contribution in [0.2, 0.25) is 0 Å². The van der Waals surface area contributed by atoms with Crippen molar-refractivity contribution < 1.29 is 28.1 Å². The van der Waals surface area contributed by atoms with Crippen molar-refractivity contribution >= 4 is 46.0 Å². The van der Waals surface area contributed by atoms with E-state index in [2.05, 4.69) is 49.9 Å². The third kappa shape index (κ3) is 7.47. The first-order valence-corrected chi connectivity index (χ1v) is 14.4. The molecule has 0 atom stereocenters. The molecule has 5 N–H and O–H groups in total. The molecule has 0 spiro atoms. The molecule has 2 aromatic carbocycles. The Bertz CT molecular complexity index is 2080. The number of nitrogen functional groups attached to an aromatic ring is 2. The predicted molar refractivity (Wildman–Crippen MR) is 175 cm³/mol. The number of fused-ring (bicyclic) bond motifs is 2. The number of methoxy groups -OCH3 is 2. The van der Waals surface area contributed by atoms with Crippen molar-refractivity contribution in [1.82, 2.24) is 39.9 Å². The predicted octanol–water partition coefficient (Wildman–Crippen LogP) is 4.46. The van der Waals surface area contributed by atoms with Gasteiger partial charge in [-0.25, -0.2) is 29.1 Å². The van der Waals surface area contributed by atoms with Crippen LogP contribution in [0, 0.1) is 5.82 Å². The van der Waals surface area contributed by atoms with Gasteiger partial charge in [0.25, 0.3) is 0 Å². The van der Waals surface area contributed by atoms with Crippen molar-refractivity contribution in [2.45, 2.75) is 13.8 Å². The number of amides is 1. The maximum absolute atomic E-state index is 13.6. The van der Waals surface area contributed by atoms with Gasteiger partial charge in [0.2, 0.25) is 23.7 Å².